The summed E-state index contributed by atoms with van der Waals surface area (Å²) in [4.78, 5) is 45.7. The van der Waals surface area contributed by atoms with Gasteiger partial charge in [-0.15, -0.1) is 11.3 Å². The molecule has 1 unspecified atom stereocenters. The van der Waals surface area contributed by atoms with E-state index in [1.807, 2.05) is 6.07 Å². The molecule has 0 bridgehead atoms. The van der Waals surface area contributed by atoms with Crippen molar-refractivity contribution in [2.45, 2.75) is 46.1 Å². The van der Waals surface area contributed by atoms with Crippen molar-refractivity contribution in [3.05, 3.63) is 74.1 Å². The zero-order valence-corrected chi connectivity index (χ0v) is 22.5. The fraction of sp³-hybridized carbons (Fsp3) is 0.333. The fourth-order valence-corrected chi connectivity index (χ4v) is 5.74. The number of amides is 1. The van der Waals surface area contributed by atoms with Crippen molar-refractivity contribution in [2.75, 3.05) is 18.1 Å². The van der Waals surface area contributed by atoms with Gasteiger partial charge in [0.15, 0.2) is 10.9 Å². The molecule has 1 amide bonds. The summed E-state index contributed by atoms with van der Waals surface area (Å²) in [5.74, 6) is -1.78. The molecule has 1 aliphatic heterocycles. The molecule has 1 atom stereocenters. The fourth-order valence-electron chi connectivity index (χ4n) is 4.08. The third-order valence-corrected chi connectivity index (χ3v) is 7.85. The van der Waals surface area contributed by atoms with E-state index in [-0.39, 0.29) is 22.2 Å². The molecule has 37 heavy (non-hydrogen) atoms. The Morgan fingerprint density at radius 3 is 2.68 bits per heavy atom. The minimum Gasteiger partial charge on any atom is -0.503 e. The molecule has 3 aromatic rings. The molecule has 0 spiro atoms. The minimum atomic E-state index is -0.957. The molecule has 1 N–H and O–H groups in total. The van der Waals surface area contributed by atoms with Crippen molar-refractivity contribution in [1.82, 2.24) is 4.98 Å². The normalized spacial score (nSPS) is 15.4. The number of ether oxygens (including phenoxy) is 2. The van der Waals surface area contributed by atoms with Gasteiger partial charge in [-0.3, -0.25) is 14.5 Å². The number of hydrogen-bond donors (Lipinski definition) is 1. The van der Waals surface area contributed by atoms with Crippen LogP contribution in [0.25, 0.3) is 0 Å². The molecule has 3 heterocycles. The number of aromatic nitrogens is 1. The van der Waals surface area contributed by atoms with Crippen molar-refractivity contribution in [1.29, 1.82) is 0 Å². The van der Waals surface area contributed by atoms with E-state index in [1.54, 1.807) is 49.6 Å². The first-order chi connectivity index (χ1) is 17.9. The Balaban J connectivity index is 1.78. The second kappa shape index (κ2) is 11.7. The van der Waals surface area contributed by atoms with Gasteiger partial charge in [-0.1, -0.05) is 49.3 Å². The lowest BCUT2D eigenvalue weighted by molar-refractivity contribution is -0.117. The number of aryl methyl sites for hydroxylation is 1. The van der Waals surface area contributed by atoms with Crippen LogP contribution in [0.15, 0.2) is 53.1 Å². The molecular weight excluding hydrogens is 512 g/mol. The molecule has 0 fully saturated rings. The van der Waals surface area contributed by atoms with Gasteiger partial charge < -0.3 is 14.6 Å². The van der Waals surface area contributed by atoms with E-state index in [2.05, 4.69) is 11.9 Å². The molecule has 0 radical (unpaired) electrons. The molecule has 8 nitrogen and oxygen atoms in total. The van der Waals surface area contributed by atoms with Gasteiger partial charge in [-0.25, -0.2) is 9.78 Å². The predicted octanol–water partition coefficient (Wildman–Crippen LogP) is 6.04. The smallest absolute Gasteiger partial charge is 0.350 e. The Morgan fingerprint density at radius 2 is 1.97 bits per heavy atom. The molecular formula is C27H28N2O6S2. The van der Waals surface area contributed by atoms with Crippen LogP contribution in [0.3, 0.4) is 0 Å². The molecule has 10 heteroatoms. The first kappa shape index (κ1) is 26.6. The van der Waals surface area contributed by atoms with Crippen LogP contribution in [0.5, 0.6) is 5.75 Å². The van der Waals surface area contributed by atoms with E-state index in [0.717, 1.165) is 30.6 Å². The first-order valence-corrected chi connectivity index (χ1v) is 13.8. The lowest BCUT2D eigenvalue weighted by atomic mass is 9.95. The van der Waals surface area contributed by atoms with Gasteiger partial charge in [0.05, 0.1) is 35.4 Å². The maximum atomic E-state index is 13.5. The number of hydrogen-bond acceptors (Lipinski definition) is 9. The number of carbonyl (C=O) groups excluding carboxylic acids is 3. The first-order valence-electron chi connectivity index (χ1n) is 12.1. The quantitative estimate of drug-likeness (QED) is 0.179. The summed E-state index contributed by atoms with van der Waals surface area (Å²) in [5.41, 5.74) is 0.937. The molecule has 1 aromatic carbocycles. The van der Waals surface area contributed by atoms with Crippen LogP contribution in [0.1, 0.15) is 69.8 Å². The van der Waals surface area contributed by atoms with Crippen LogP contribution in [-0.4, -0.2) is 41.0 Å². The van der Waals surface area contributed by atoms with Crippen LogP contribution in [0.2, 0.25) is 0 Å². The highest BCUT2D eigenvalue weighted by atomic mass is 32.1. The molecule has 0 aliphatic carbocycles. The Kier molecular flexibility index (Phi) is 8.40. The monoisotopic (exact) mass is 540 g/mol. The van der Waals surface area contributed by atoms with Gasteiger partial charge in [-0.05, 0) is 49.4 Å². The number of unbranched alkanes of at least 4 members (excludes halogenated alkanes) is 2. The summed E-state index contributed by atoms with van der Waals surface area (Å²) >= 11 is 2.21. The number of benzene rings is 1. The van der Waals surface area contributed by atoms with Crippen molar-refractivity contribution >= 4 is 45.5 Å². The van der Waals surface area contributed by atoms with Gasteiger partial charge in [0.1, 0.15) is 10.6 Å². The third-order valence-electron chi connectivity index (χ3n) is 5.84. The Morgan fingerprint density at radius 1 is 1.16 bits per heavy atom. The number of rotatable bonds is 11. The van der Waals surface area contributed by atoms with E-state index < -0.39 is 29.5 Å². The average molecular weight is 541 g/mol. The number of esters is 1. The number of thiophene rings is 1. The highest BCUT2D eigenvalue weighted by Gasteiger charge is 2.46. The van der Waals surface area contributed by atoms with E-state index in [0.29, 0.717) is 28.5 Å². The van der Waals surface area contributed by atoms with Crippen molar-refractivity contribution in [3.8, 4) is 5.75 Å². The van der Waals surface area contributed by atoms with E-state index in [4.69, 9.17) is 9.47 Å². The van der Waals surface area contributed by atoms with E-state index in [1.165, 1.54) is 16.2 Å². The van der Waals surface area contributed by atoms with Gasteiger partial charge >= 0.3 is 5.97 Å². The van der Waals surface area contributed by atoms with Gasteiger partial charge in [0, 0.05) is 0 Å². The number of anilines is 1. The second-order valence-corrected chi connectivity index (χ2v) is 10.3. The second-order valence-electron chi connectivity index (χ2n) is 8.41. The van der Waals surface area contributed by atoms with Crippen molar-refractivity contribution < 1.29 is 29.0 Å². The van der Waals surface area contributed by atoms with Crippen LogP contribution >= 0.6 is 22.7 Å². The zero-order chi connectivity index (χ0) is 26.5. The lowest BCUT2D eigenvalue weighted by Gasteiger charge is -2.24. The van der Waals surface area contributed by atoms with Gasteiger partial charge in [-0.2, -0.15) is 0 Å². The summed E-state index contributed by atoms with van der Waals surface area (Å²) in [6, 6.07) is 9.57. The molecule has 194 valence electrons. The average Bonchev–Trinajstić information content (AvgIpc) is 3.61. The largest absolute Gasteiger partial charge is 0.503 e. The highest BCUT2D eigenvalue weighted by molar-refractivity contribution is 7.17. The predicted molar refractivity (Wildman–Crippen MR) is 143 cm³/mol. The summed E-state index contributed by atoms with van der Waals surface area (Å²) in [5, 5.41) is 12.9. The SMILES string of the molecule is CCCCCOc1cccc(C2C(C(=O)c3cccs3)=C(O)C(=O)N2c2nc(C)c(C(=O)OCC)s2)c1. The van der Waals surface area contributed by atoms with E-state index in [9.17, 15) is 19.5 Å². The van der Waals surface area contributed by atoms with Crippen LogP contribution < -0.4 is 9.64 Å². The van der Waals surface area contributed by atoms with E-state index >= 15 is 0 Å². The standard InChI is InChI=1S/C27H28N2O6S2/c1-4-6-7-13-35-18-11-8-10-17(15-18)21-20(22(30)19-12-9-14-36-19)23(31)25(32)29(21)27-28-16(3)24(37-27)26(33)34-5-2/h8-12,14-15,21,31H,4-7,13H2,1-3H3. The molecule has 2 aromatic heterocycles. The maximum absolute atomic E-state index is 13.5. The highest BCUT2D eigenvalue weighted by Crippen LogP contribution is 2.44. The lowest BCUT2D eigenvalue weighted by Crippen LogP contribution is -2.31. The van der Waals surface area contributed by atoms with Crippen molar-refractivity contribution in [3.63, 3.8) is 0 Å². The van der Waals surface area contributed by atoms with Crippen LogP contribution in [-0.2, 0) is 9.53 Å². The Labute approximate surface area is 223 Å². The number of ketones is 1. The van der Waals surface area contributed by atoms with Crippen LogP contribution in [0, 0.1) is 6.92 Å². The number of aliphatic hydroxyl groups is 1. The third kappa shape index (κ3) is 5.45. The summed E-state index contributed by atoms with van der Waals surface area (Å²) in [6.45, 7) is 6.21. The number of thiazole rings is 1. The number of nitrogens with zero attached hydrogens (tertiary/aromatic N) is 2. The number of Topliss-reactive ketones (excluding diaryl/α,β-unsaturated/α-hetero) is 1. The maximum Gasteiger partial charge on any atom is 0.350 e. The number of aliphatic hydroxyl groups excluding tert-OH is 1. The summed E-state index contributed by atoms with van der Waals surface area (Å²) < 4.78 is 11.0. The molecule has 0 saturated carbocycles. The van der Waals surface area contributed by atoms with Crippen LogP contribution in [0.4, 0.5) is 5.13 Å². The Hall–Kier alpha value is -3.50. The van der Waals surface area contributed by atoms with Gasteiger partial charge in [0.2, 0.25) is 5.78 Å². The Bertz CT molecular complexity index is 1330. The summed E-state index contributed by atoms with van der Waals surface area (Å²) in [6.07, 6.45) is 3.03. The number of carbonyl (C=O) groups is 3. The molecule has 0 saturated heterocycles. The summed E-state index contributed by atoms with van der Waals surface area (Å²) in [7, 11) is 0. The van der Waals surface area contributed by atoms with Crippen molar-refractivity contribution in [2.24, 2.45) is 0 Å². The minimum absolute atomic E-state index is 0.0406. The zero-order valence-electron chi connectivity index (χ0n) is 20.9. The molecule has 4 rings (SSSR count). The van der Waals surface area contributed by atoms with Gasteiger partial charge in [0.25, 0.3) is 5.91 Å². The molecule has 1 aliphatic rings. The topological polar surface area (TPSA) is 106 Å².